The van der Waals surface area contributed by atoms with Crippen LogP contribution in [0.4, 0.5) is 0 Å². The molecule has 2 aromatic carbocycles. The zero-order chi connectivity index (χ0) is 21.8. The highest BCUT2D eigenvalue weighted by atomic mass is 32.2. The third kappa shape index (κ3) is 5.80. The van der Waals surface area contributed by atoms with Gasteiger partial charge in [0, 0.05) is 13.3 Å². The smallest absolute Gasteiger partial charge is 0.329 e. The summed E-state index contributed by atoms with van der Waals surface area (Å²) in [5.41, 5.74) is 1.19. The molecule has 2 aromatic rings. The van der Waals surface area contributed by atoms with Gasteiger partial charge < -0.3 is 15.2 Å². The summed E-state index contributed by atoms with van der Waals surface area (Å²) in [4.78, 5) is 23.9. The number of hydrogen-bond acceptors (Lipinski definition) is 6. The average Bonchev–Trinajstić information content (AvgIpc) is 2.61. The number of nitrogens with one attached hydrogen (secondary N) is 1. The summed E-state index contributed by atoms with van der Waals surface area (Å²) in [6.07, 6.45) is -0.499. The van der Waals surface area contributed by atoms with Gasteiger partial charge in [-0.25, -0.2) is 13.2 Å². The van der Waals surface area contributed by atoms with E-state index in [0.29, 0.717) is 0 Å². The summed E-state index contributed by atoms with van der Waals surface area (Å²) in [5, 5.41) is 12.4. The normalized spacial score (nSPS) is 12.4. The lowest BCUT2D eigenvalue weighted by Crippen LogP contribution is -2.43. The highest BCUT2D eigenvalue weighted by Gasteiger charge is 2.28. The van der Waals surface area contributed by atoms with Gasteiger partial charge in [0.05, 0.1) is 15.9 Å². The minimum Gasteiger partial charge on any atom is -0.508 e. The van der Waals surface area contributed by atoms with Crippen molar-refractivity contribution in [1.29, 1.82) is 0 Å². The molecule has 1 atom stereocenters. The van der Waals surface area contributed by atoms with Crippen molar-refractivity contribution in [1.82, 2.24) is 5.32 Å². The molecule has 0 radical (unpaired) electrons. The number of sulfone groups is 1. The lowest BCUT2D eigenvalue weighted by molar-refractivity contribution is -0.151. The van der Waals surface area contributed by atoms with E-state index in [1.807, 2.05) is 6.92 Å². The van der Waals surface area contributed by atoms with Crippen LogP contribution in [-0.2, 0) is 30.6 Å². The Kier molecular flexibility index (Phi) is 7.02. The largest absolute Gasteiger partial charge is 0.508 e. The minimum absolute atomic E-state index is 0.0655. The number of aryl methyl sites for hydroxylation is 1. The molecule has 0 spiro atoms. The van der Waals surface area contributed by atoms with Crippen LogP contribution in [0, 0.1) is 6.92 Å². The maximum atomic E-state index is 13.2. The average molecular weight is 419 g/mol. The van der Waals surface area contributed by atoms with Crippen molar-refractivity contribution in [2.75, 3.05) is 0 Å². The molecule has 0 saturated carbocycles. The Hall–Kier alpha value is -2.87. The van der Waals surface area contributed by atoms with Crippen molar-refractivity contribution in [2.24, 2.45) is 0 Å². The molecule has 0 aliphatic carbocycles. The highest BCUT2D eigenvalue weighted by molar-refractivity contribution is 7.91. The topological polar surface area (TPSA) is 110 Å². The zero-order valence-electron chi connectivity index (χ0n) is 16.8. The summed E-state index contributed by atoms with van der Waals surface area (Å²) in [5.74, 6) is -1.33. The van der Waals surface area contributed by atoms with Crippen molar-refractivity contribution in [3.8, 4) is 5.75 Å². The quantitative estimate of drug-likeness (QED) is 0.668. The molecular weight excluding hydrogens is 394 g/mol. The van der Waals surface area contributed by atoms with E-state index in [4.69, 9.17) is 4.74 Å². The van der Waals surface area contributed by atoms with Crippen LogP contribution in [0.2, 0.25) is 0 Å². The maximum absolute atomic E-state index is 13.2. The van der Waals surface area contributed by atoms with Crippen LogP contribution in [0.15, 0.2) is 52.3 Å². The van der Waals surface area contributed by atoms with Crippen LogP contribution in [-0.4, -0.2) is 37.5 Å². The number of ether oxygens (including phenoxy) is 1. The fraction of sp³-hybridized carbons (Fsp3) is 0.333. The van der Waals surface area contributed by atoms with Crippen LogP contribution in [0.25, 0.3) is 0 Å². The molecule has 8 heteroatoms. The number of benzene rings is 2. The minimum atomic E-state index is -3.96. The fourth-order valence-electron chi connectivity index (χ4n) is 2.78. The number of aromatic hydroxyl groups is 1. The van der Waals surface area contributed by atoms with E-state index in [-0.39, 0.29) is 27.5 Å². The predicted molar refractivity (Wildman–Crippen MR) is 107 cm³/mol. The van der Waals surface area contributed by atoms with E-state index < -0.39 is 33.9 Å². The van der Waals surface area contributed by atoms with Crippen LogP contribution < -0.4 is 5.32 Å². The number of phenols is 1. The Labute approximate surface area is 170 Å². The van der Waals surface area contributed by atoms with Crippen LogP contribution in [0.1, 0.15) is 31.9 Å². The Morgan fingerprint density at radius 2 is 1.72 bits per heavy atom. The highest BCUT2D eigenvalue weighted by Crippen LogP contribution is 2.28. The van der Waals surface area contributed by atoms with Crippen LogP contribution in [0.5, 0.6) is 5.75 Å². The monoisotopic (exact) mass is 419 g/mol. The Balaban J connectivity index is 2.49. The van der Waals surface area contributed by atoms with Crippen molar-refractivity contribution >= 4 is 21.7 Å². The Bertz CT molecular complexity index is 996. The molecule has 0 bridgehead atoms. The molecular formula is C21H25NO6S. The third-order valence-electron chi connectivity index (χ3n) is 4.11. The van der Waals surface area contributed by atoms with E-state index in [9.17, 15) is 23.1 Å². The van der Waals surface area contributed by atoms with Gasteiger partial charge in [0.2, 0.25) is 15.7 Å². The van der Waals surface area contributed by atoms with E-state index in [0.717, 1.165) is 11.6 Å². The molecule has 0 heterocycles. The Morgan fingerprint density at radius 3 is 2.28 bits per heavy atom. The van der Waals surface area contributed by atoms with Crippen molar-refractivity contribution in [3.05, 3.63) is 53.6 Å². The van der Waals surface area contributed by atoms with Crippen molar-refractivity contribution in [3.63, 3.8) is 0 Å². The van der Waals surface area contributed by atoms with Gasteiger partial charge in [-0.15, -0.1) is 0 Å². The molecule has 29 heavy (non-hydrogen) atoms. The second-order valence-electron chi connectivity index (χ2n) is 7.05. The maximum Gasteiger partial charge on any atom is 0.329 e. The first kappa shape index (κ1) is 22.4. The molecule has 2 rings (SSSR count). The van der Waals surface area contributed by atoms with E-state index >= 15 is 0 Å². The molecule has 7 nitrogen and oxygen atoms in total. The van der Waals surface area contributed by atoms with E-state index in [1.165, 1.54) is 31.2 Å². The van der Waals surface area contributed by atoms with E-state index in [1.54, 1.807) is 26.0 Å². The van der Waals surface area contributed by atoms with Gasteiger partial charge in [-0.1, -0.05) is 23.8 Å². The van der Waals surface area contributed by atoms with Gasteiger partial charge in [-0.3, -0.25) is 4.79 Å². The lowest BCUT2D eigenvalue weighted by atomic mass is 10.1. The lowest BCUT2D eigenvalue weighted by Gasteiger charge is -2.20. The van der Waals surface area contributed by atoms with Gasteiger partial charge >= 0.3 is 5.97 Å². The first-order valence-corrected chi connectivity index (χ1v) is 10.6. The predicted octanol–water partition coefficient (Wildman–Crippen LogP) is 2.53. The molecule has 0 aliphatic heterocycles. The molecule has 0 unspecified atom stereocenters. The van der Waals surface area contributed by atoms with Crippen LogP contribution >= 0.6 is 0 Å². The van der Waals surface area contributed by atoms with Gasteiger partial charge in [0.1, 0.15) is 11.8 Å². The molecule has 0 aromatic heterocycles. The standard InChI is InChI=1S/C21H25NO6S/c1-13(2)28-21(25)19(22-15(4)23)11-16-7-8-17(24)12-20(16)29(26,27)18-9-5-14(3)6-10-18/h5-10,12-13,19,24H,11H2,1-4H3,(H,22,23)/t19-/m0/s1. The second-order valence-corrected chi connectivity index (χ2v) is 8.97. The number of hydrogen-bond donors (Lipinski definition) is 2. The first-order valence-electron chi connectivity index (χ1n) is 9.12. The summed E-state index contributed by atoms with van der Waals surface area (Å²) in [6.45, 7) is 6.46. The zero-order valence-corrected chi connectivity index (χ0v) is 17.6. The molecule has 1 amide bonds. The number of carbonyl (C=O) groups is 2. The van der Waals surface area contributed by atoms with Crippen molar-refractivity contribution < 1.29 is 27.9 Å². The summed E-state index contributed by atoms with van der Waals surface area (Å²) >= 11 is 0. The molecule has 0 saturated heterocycles. The van der Waals surface area contributed by atoms with Crippen molar-refractivity contribution in [2.45, 2.75) is 56.1 Å². The molecule has 0 aliphatic rings. The summed E-state index contributed by atoms with van der Waals surface area (Å²) < 4.78 is 31.5. The second kappa shape index (κ2) is 9.09. The number of phenolic OH excluding ortho intramolecular Hbond substituents is 1. The van der Waals surface area contributed by atoms with Gasteiger partial charge in [-0.05, 0) is 50.6 Å². The molecule has 0 fully saturated rings. The number of carbonyl (C=O) groups excluding carboxylic acids is 2. The van der Waals surface area contributed by atoms with Crippen LogP contribution in [0.3, 0.4) is 0 Å². The summed E-state index contributed by atoms with van der Waals surface area (Å²) in [7, 11) is -3.96. The number of rotatable bonds is 7. The number of esters is 1. The SMILES string of the molecule is CC(=O)N[C@@H](Cc1ccc(O)cc1S(=O)(=O)c1ccc(C)cc1)C(=O)OC(C)C. The van der Waals surface area contributed by atoms with Gasteiger partial charge in [0.25, 0.3) is 0 Å². The Morgan fingerprint density at radius 1 is 1.10 bits per heavy atom. The third-order valence-corrected chi connectivity index (χ3v) is 5.96. The molecule has 2 N–H and O–H groups in total. The fourth-order valence-corrected chi connectivity index (χ4v) is 4.30. The summed E-state index contributed by atoms with van der Waals surface area (Å²) in [6, 6.07) is 9.16. The molecule has 156 valence electrons. The van der Waals surface area contributed by atoms with Gasteiger partial charge in [0.15, 0.2) is 0 Å². The number of amides is 1. The van der Waals surface area contributed by atoms with Gasteiger partial charge in [-0.2, -0.15) is 0 Å². The van der Waals surface area contributed by atoms with E-state index in [2.05, 4.69) is 5.32 Å². The first-order chi connectivity index (χ1) is 13.5.